The predicted molar refractivity (Wildman–Crippen MR) is 92.0 cm³/mol. The van der Waals surface area contributed by atoms with Crippen molar-refractivity contribution >= 4 is 17.5 Å². The van der Waals surface area contributed by atoms with Crippen molar-refractivity contribution in [1.82, 2.24) is 9.88 Å². The molecule has 0 saturated carbocycles. The molecule has 1 aliphatic heterocycles. The molecule has 1 saturated heterocycles. The van der Waals surface area contributed by atoms with Gasteiger partial charge in [-0.15, -0.1) is 0 Å². The Morgan fingerprint density at radius 3 is 2.79 bits per heavy atom. The highest BCUT2D eigenvalue weighted by molar-refractivity contribution is 6.30. The van der Waals surface area contributed by atoms with Gasteiger partial charge in [0.2, 0.25) is 0 Å². The van der Waals surface area contributed by atoms with Gasteiger partial charge in [-0.25, -0.2) is 0 Å². The molecular formula is C18H19ClN2O3. The number of carbonyl (C=O) groups is 1. The molecule has 1 N–H and O–H groups in total. The number of nitrogens with zero attached hydrogens (tertiary/aromatic N) is 2. The van der Waals surface area contributed by atoms with E-state index >= 15 is 0 Å². The third kappa shape index (κ3) is 3.59. The molecule has 0 radical (unpaired) electrons. The minimum absolute atomic E-state index is 0.0421. The van der Waals surface area contributed by atoms with Crippen molar-refractivity contribution in [3.63, 3.8) is 0 Å². The maximum Gasteiger partial charge on any atom is 0.255 e. The third-order valence-corrected chi connectivity index (χ3v) is 4.38. The minimum atomic E-state index is -0.336. The smallest absolute Gasteiger partial charge is 0.255 e. The Balaban J connectivity index is 1.85. The normalized spacial score (nSPS) is 20.9. The Morgan fingerprint density at radius 1 is 1.33 bits per heavy atom. The van der Waals surface area contributed by atoms with Gasteiger partial charge < -0.3 is 14.7 Å². The molecule has 2 heterocycles. The van der Waals surface area contributed by atoms with E-state index in [0.29, 0.717) is 23.7 Å². The molecule has 1 aromatic carbocycles. The Labute approximate surface area is 145 Å². The van der Waals surface area contributed by atoms with Gasteiger partial charge in [0.05, 0.1) is 30.9 Å². The van der Waals surface area contributed by atoms with Crippen LogP contribution in [0.1, 0.15) is 17.3 Å². The first kappa shape index (κ1) is 16.9. The number of benzene rings is 1. The molecule has 0 aliphatic carbocycles. The number of carbonyl (C=O) groups excluding carboxylic acids is 1. The number of hydrogen-bond acceptors (Lipinski definition) is 4. The molecule has 1 aliphatic rings. The van der Waals surface area contributed by atoms with Gasteiger partial charge in [-0.3, -0.25) is 9.78 Å². The highest BCUT2D eigenvalue weighted by Gasteiger charge is 2.30. The van der Waals surface area contributed by atoms with Crippen LogP contribution in [0, 0.1) is 0 Å². The molecule has 1 fully saturated rings. The van der Waals surface area contributed by atoms with Crippen molar-refractivity contribution in [2.75, 3.05) is 19.8 Å². The number of hydrogen-bond donors (Lipinski definition) is 1. The van der Waals surface area contributed by atoms with E-state index in [4.69, 9.17) is 16.3 Å². The van der Waals surface area contributed by atoms with Crippen LogP contribution in [0.3, 0.4) is 0 Å². The molecule has 3 rings (SSSR count). The van der Waals surface area contributed by atoms with Crippen molar-refractivity contribution in [2.45, 2.75) is 19.1 Å². The number of aliphatic hydroxyl groups is 1. The molecule has 2 aromatic rings. The highest BCUT2D eigenvalue weighted by Crippen LogP contribution is 2.23. The quantitative estimate of drug-likeness (QED) is 0.928. The fraction of sp³-hybridized carbons (Fsp3) is 0.333. The summed E-state index contributed by atoms with van der Waals surface area (Å²) < 4.78 is 5.49. The lowest BCUT2D eigenvalue weighted by Crippen LogP contribution is -2.52. The second-order valence-corrected chi connectivity index (χ2v) is 6.35. The number of amides is 1. The molecule has 1 amide bonds. The van der Waals surface area contributed by atoms with E-state index < -0.39 is 0 Å². The summed E-state index contributed by atoms with van der Waals surface area (Å²) in [6.45, 7) is 2.63. The van der Waals surface area contributed by atoms with Gasteiger partial charge in [-0.1, -0.05) is 23.7 Å². The van der Waals surface area contributed by atoms with Crippen LogP contribution >= 0.6 is 11.6 Å². The summed E-state index contributed by atoms with van der Waals surface area (Å²) in [4.78, 5) is 18.8. The molecule has 6 heteroatoms. The Bertz CT molecular complexity index is 720. The largest absolute Gasteiger partial charge is 0.394 e. The number of aliphatic hydroxyl groups excluding tert-OH is 1. The van der Waals surface area contributed by atoms with Gasteiger partial charge in [0.1, 0.15) is 0 Å². The zero-order valence-electron chi connectivity index (χ0n) is 13.4. The monoisotopic (exact) mass is 346 g/mol. The fourth-order valence-corrected chi connectivity index (χ4v) is 2.86. The number of aromatic nitrogens is 1. The summed E-state index contributed by atoms with van der Waals surface area (Å²) >= 11 is 5.92. The van der Waals surface area contributed by atoms with Crippen LogP contribution in [-0.2, 0) is 4.74 Å². The van der Waals surface area contributed by atoms with Crippen LogP contribution in [-0.4, -0.2) is 52.8 Å². The Morgan fingerprint density at radius 2 is 2.08 bits per heavy atom. The van der Waals surface area contributed by atoms with E-state index in [9.17, 15) is 9.90 Å². The summed E-state index contributed by atoms with van der Waals surface area (Å²) in [6, 6.07) is 9.19. The molecular weight excluding hydrogens is 328 g/mol. The summed E-state index contributed by atoms with van der Waals surface area (Å²) in [6.07, 6.45) is 2.95. The van der Waals surface area contributed by atoms with Crippen LogP contribution in [0.15, 0.2) is 42.7 Å². The van der Waals surface area contributed by atoms with Crippen molar-refractivity contribution in [2.24, 2.45) is 0 Å². The van der Waals surface area contributed by atoms with Crippen LogP contribution in [0.2, 0.25) is 5.02 Å². The first-order chi connectivity index (χ1) is 11.6. The minimum Gasteiger partial charge on any atom is -0.394 e. The molecule has 0 bridgehead atoms. The van der Waals surface area contributed by atoms with Crippen LogP contribution in [0.4, 0.5) is 0 Å². The van der Waals surface area contributed by atoms with E-state index in [1.54, 1.807) is 29.4 Å². The molecule has 0 spiro atoms. The molecule has 2 atom stereocenters. The number of rotatable bonds is 3. The van der Waals surface area contributed by atoms with Gasteiger partial charge in [0.25, 0.3) is 5.91 Å². The molecule has 1 aromatic heterocycles. The summed E-state index contributed by atoms with van der Waals surface area (Å²) in [5, 5.41) is 9.94. The zero-order valence-corrected chi connectivity index (χ0v) is 14.1. The van der Waals surface area contributed by atoms with E-state index in [0.717, 1.165) is 11.1 Å². The first-order valence-corrected chi connectivity index (χ1v) is 8.20. The average Bonchev–Trinajstić information content (AvgIpc) is 2.62. The Hall–Kier alpha value is -1.95. The van der Waals surface area contributed by atoms with Gasteiger partial charge in [0.15, 0.2) is 0 Å². The summed E-state index contributed by atoms with van der Waals surface area (Å²) in [7, 11) is 0. The first-order valence-electron chi connectivity index (χ1n) is 7.83. The second kappa shape index (κ2) is 7.30. The van der Waals surface area contributed by atoms with E-state index in [-0.39, 0.29) is 24.7 Å². The Kier molecular flexibility index (Phi) is 5.14. The van der Waals surface area contributed by atoms with E-state index in [1.807, 2.05) is 25.1 Å². The molecule has 5 nitrogen and oxygen atoms in total. The lowest BCUT2D eigenvalue weighted by atomic mass is 10.0. The number of halogens is 1. The van der Waals surface area contributed by atoms with Crippen molar-refractivity contribution in [3.05, 3.63) is 53.3 Å². The average molecular weight is 347 g/mol. The standard InChI is InChI=1S/C18H19ClN2O3/c1-12-11-24-17(10-22)9-21(12)18(23)15-6-14(7-20-8-15)13-2-4-16(19)5-3-13/h2-8,12,17,22H,9-11H2,1H3. The fourth-order valence-electron chi connectivity index (χ4n) is 2.73. The van der Waals surface area contributed by atoms with Gasteiger partial charge in [0, 0.05) is 29.5 Å². The van der Waals surface area contributed by atoms with Crippen molar-refractivity contribution in [1.29, 1.82) is 0 Å². The van der Waals surface area contributed by atoms with E-state index in [1.165, 1.54) is 0 Å². The maximum absolute atomic E-state index is 12.8. The topological polar surface area (TPSA) is 62.7 Å². The lowest BCUT2D eigenvalue weighted by Gasteiger charge is -2.37. The number of ether oxygens (including phenoxy) is 1. The third-order valence-electron chi connectivity index (χ3n) is 4.13. The van der Waals surface area contributed by atoms with Crippen molar-refractivity contribution < 1.29 is 14.6 Å². The SMILES string of the molecule is CC1COC(CO)CN1C(=O)c1cncc(-c2ccc(Cl)cc2)c1. The molecule has 24 heavy (non-hydrogen) atoms. The number of pyridine rings is 1. The number of morpholine rings is 1. The summed E-state index contributed by atoms with van der Waals surface area (Å²) in [5.41, 5.74) is 2.33. The van der Waals surface area contributed by atoms with Crippen LogP contribution in [0.25, 0.3) is 11.1 Å². The van der Waals surface area contributed by atoms with Crippen LogP contribution in [0.5, 0.6) is 0 Å². The van der Waals surface area contributed by atoms with Gasteiger partial charge in [-0.2, -0.15) is 0 Å². The molecule has 126 valence electrons. The molecule has 2 unspecified atom stereocenters. The van der Waals surface area contributed by atoms with Crippen molar-refractivity contribution in [3.8, 4) is 11.1 Å². The lowest BCUT2D eigenvalue weighted by molar-refractivity contribution is -0.0667. The zero-order chi connectivity index (χ0) is 17.1. The summed E-state index contributed by atoms with van der Waals surface area (Å²) in [5.74, 6) is -0.104. The van der Waals surface area contributed by atoms with Gasteiger partial charge in [-0.05, 0) is 30.7 Å². The van der Waals surface area contributed by atoms with Gasteiger partial charge >= 0.3 is 0 Å². The van der Waals surface area contributed by atoms with E-state index in [2.05, 4.69) is 4.98 Å². The predicted octanol–water partition coefficient (Wildman–Crippen LogP) is 2.62. The highest BCUT2D eigenvalue weighted by atomic mass is 35.5. The van der Waals surface area contributed by atoms with Crippen LogP contribution < -0.4 is 0 Å². The second-order valence-electron chi connectivity index (χ2n) is 5.91. The maximum atomic E-state index is 12.8.